The van der Waals surface area contributed by atoms with Crippen molar-refractivity contribution in [2.45, 2.75) is 64.3 Å². The number of aromatic nitrogens is 3. The van der Waals surface area contributed by atoms with Crippen LogP contribution in [0.5, 0.6) is 0 Å². The molecule has 11 heteroatoms. The molecular weight excluding hydrogens is 650 g/mol. The van der Waals surface area contributed by atoms with Crippen molar-refractivity contribution in [3.63, 3.8) is 0 Å². The van der Waals surface area contributed by atoms with E-state index in [1.165, 1.54) is 0 Å². The third-order valence-electron chi connectivity index (χ3n) is 10.2. The van der Waals surface area contributed by atoms with Gasteiger partial charge in [-0.15, -0.1) is 0 Å². The highest BCUT2D eigenvalue weighted by molar-refractivity contribution is 6.28. The second-order valence-electron chi connectivity index (χ2n) is 13.8. The Kier molecular flexibility index (Phi) is 11.7. The van der Waals surface area contributed by atoms with Crippen LogP contribution >= 0.6 is 11.6 Å². The number of rotatable bonds is 12. The van der Waals surface area contributed by atoms with Gasteiger partial charge in [-0.3, -0.25) is 14.4 Å². The maximum Gasteiger partial charge on any atom is 0.251 e. The number of hydrogen-bond donors (Lipinski definition) is 5. The molecule has 4 aromatic rings. The highest BCUT2D eigenvalue weighted by Crippen LogP contribution is 2.32. The number of Topliss-reactive ketones (excluding diaryl/α,β-unsaturated/α-hetero) is 1. The van der Waals surface area contributed by atoms with Gasteiger partial charge < -0.3 is 21.7 Å². The van der Waals surface area contributed by atoms with E-state index in [1.54, 1.807) is 12.1 Å². The minimum absolute atomic E-state index is 0.0318. The van der Waals surface area contributed by atoms with Crippen molar-refractivity contribution >= 4 is 34.9 Å². The lowest BCUT2D eigenvalue weighted by Gasteiger charge is -2.27. The van der Waals surface area contributed by atoms with Crippen LogP contribution in [0, 0.1) is 24.7 Å². The second-order valence-corrected chi connectivity index (χ2v) is 14.1. The standard InChI is InChI=1S/C39H46ClN7O3/c1-24-20-30(37(49)44-33-16-18-42-19-17-33)12-15-34(24)27-6-2-25(3-7-27)21-31(22-35(48)28-8-4-26(23-41)5-9-28)38(50)43-32-13-10-29(11-14-32)36-45-39(40)47-46-36/h2-3,6-7,10-15,20,26,28,31,33,42H,4-5,8-9,16-19,21-23,41H2,1H3,(H,43,50)(H,44,49)(H,45,46,47)/t26?,28?,31-/m1/s1. The van der Waals surface area contributed by atoms with Gasteiger partial charge >= 0.3 is 0 Å². The van der Waals surface area contributed by atoms with Crippen molar-refractivity contribution < 1.29 is 14.4 Å². The van der Waals surface area contributed by atoms with Gasteiger partial charge in [0.15, 0.2) is 5.82 Å². The Morgan fingerprint density at radius 1 is 0.920 bits per heavy atom. The summed E-state index contributed by atoms with van der Waals surface area (Å²) < 4.78 is 0. The van der Waals surface area contributed by atoms with Crippen LogP contribution in [0.2, 0.25) is 5.28 Å². The van der Waals surface area contributed by atoms with Gasteiger partial charge in [-0.1, -0.05) is 30.3 Å². The number of benzene rings is 3. The lowest BCUT2D eigenvalue weighted by molar-refractivity contribution is -0.129. The number of aryl methyl sites for hydroxylation is 1. The molecule has 1 saturated carbocycles. The van der Waals surface area contributed by atoms with Crippen molar-refractivity contribution in [2.75, 3.05) is 25.0 Å². The fraction of sp³-hybridized carbons (Fsp3) is 0.410. The van der Waals surface area contributed by atoms with Gasteiger partial charge in [0.1, 0.15) is 5.78 Å². The summed E-state index contributed by atoms with van der Waals surface area (Å²) in [6, 6.07) is 21.4. The van der Waals surface area contributed by atoms with Crippen LogP contribution in [0.4, 0.5) is 5.69 Å². The quantitative estimate of drug-likeness (QED) is 0.120. The summed E-state index contributed by atoms with van der Waals surface area (Å²) in [5.74, 6) is 0.290. The summed E-state index contributed by atoms with van der Waals surface area (Å²) in [5, 5.41) is 16.4. The number of ketones is 1. The molecule has 0 radical (unpaired) electrons. The average molecular weight is 696 g/mol. The number of aromatic amines is 1. The Labute approximate surface area is 298 Å². The van der Waals surface area contributed by atoms with E-state index in [0.29, 0.717) is 36.0 Å². The zero-order chi connectivity index (χ0) is 35.0. The van der Waals surface area contributed by atoms with Crippen LogP contribution in [-0.2, 0) is 16.0 Å². The van der Waals surface area contributed by atoms with E-state index in [-0.39, 0.29) is 41.3 Å². The van der Waals surface area contributed by atoms with Crippen molar-refractivity contribution in [1.29, 1.82) is 0 Å². The van der Waals surface area contributed by atoms with E-state index < -0.39 is 5.92 Å². The predicted octanol–water partition coefficient (Wildman–Crippen LogP) is 6.10. The molecular formula is C39H46ClN7O3. The molecule has 6 rings (SSSR count). The van der Waals surface area contributed by atoms with Crippen LogP contribution in [-0.4, -0.2) is 58.5 Å². The Morgan fingerprint density at radius 3 is 2.26 bits per heavy atom. The third-order valence-corrected chi connectivity index (χ3v) is 10.4. The van der Waals surface area contributed by atoms with E-state index in [0.717, 1.165) is 79.4 Å². The Bertz CT molecular complexity index is 1780. The molecule has 50 heavy (non-hydrogen) atoms. The van der Waals surface area contributed by atoms with E-state index in [1.807, 2.05) is 61.5 Å². The minimum Gasteiger partial charge on any atom is -0.349 e. The van der Waals surface area contributed by atoms with Gasteiger partial charge in [-0.25, -0.2) is 5.10 Å². The average Bonchev–Trinajstić information content (AvgIpc) is 3.58. The lowest BCUT2D eigenvalue weighted by Crippen LogP contribution is -2.42. The fourth-order valence-corrected chi connectivity index (χ4v) is 7.30. The number of nitrogens with zero attached hydrogens (tertiary/aromatic N) is 2. The summed E-state index contributed by atoms with van der Waals surface area (Å²) in [4.78, 5) is 44.4. The number of halogens is 1. The molecule has 2 fully saturated rings. The van der Waals surface area contributed by atoms with Gasteiger partial charge in [0.25, 0.3) is 5.91 Å². The fourth-order valence-electron chi connectivity index (χ4n) is 7.17. The number of piperidine rings is 1. The third kappa shape index (κ3) is 9.04. The topological polar surface area (TPSA) is 155 Å². The zero-order valence-electron chi connectivity index (χ0n) is 28.5. The van der Waals surface area contributed by atoms with Gasteiger partial charge in [-0.2, -0.15) is 10.1 Å². The first-order valence-electron chi connectivity index (χ1n) is 17.7. The van der Waals surface area contributed by atoms with Crippen molar-refractivity contribution in [3.8, 4) is 22.5 Å². The van der Waals surface area contributed by atoms with Gasteiger partial charge in [0.2, 0.25) is 11.2 Å². The zero-order valence-corrected chi connectivity index (χ0v) is 29.3. The molecule has 0 unspecified atom stereocenters. The first-order chi connectivity index (χ1) is 24.2. The van der Waals surface area contributed by atoms with E-state index in [2.05, 4.69) is 31.1 Å². The van der Waals surface area contributed by atoms with Crippen molar-refractivity contribution in [2.24, 2.45) is 23.5 Å². The number of hydrogen-bond acceptors (Lipinski definition) is 7. The number of carbonyl (C=O) groups is 3. The number of carbonyl (C=O) groups excluding carboxylic acids is 3. The summed E-state index contributed by atoms with van der Waals surface area (Å²) in [6.07, 6.45) is 6.05. The number of anilines is 1. The molecule has 2 amide bonds. The maximum atomic E-state index is 13.8. The Hall–Kier alpha value is -4.38. The highest BCUT2D eigenvalue weighted by Gasteiger charge is 2.30. The summed E-state index contributed by atoms with van der Waals surface area (Å²) in [7, 11) is 0. The second kappa shape index (κ2) is 16.6. The monoisotopic (exact) mass is 695 g/mol. The molecule has 262 valence electrons. The van der Waals surface area contributed by atoms with Crippen molar-refractivity contribution in [1.82, 2.24) is 25.8 Å². The number of H-pyrrole nitrogens is 1. The first-order valence-corrected chi connectivity index (χ1v) is 18.1. The maximum absolute atomic E-state index is 13.8. The molecule has 0 bridgehead atoms. The van der Waals surface area contributed by atoms with Gasteiger partial charge in [-0.05, 0) is 148 Å². The smallest absolute Gasteiger partial charge is 0.251 e. The predicted molar refractivity (Wildman–Crippen MR) is 197 cm³/mol. The molecule has 2 heterocycles. The molecule has 2 aliphatic rings. The molecule has 0 spiro atoms. The molecule has 10 nitrogen and oxygen atoms in total. The molecule has 6 N–H and O–H groups in total. The molecule has 1 aliphatic heterocycles. The summed E-state index contributed by atoms with van der Waals surface area (Å²) in [5.41, 5.74) is 12.0. The lowest BCUT2D eigenvalue weighted by atomic mass is 9.77. The van der Waals surface area contributed by atoms with Crippen LogP contribution in [0.3, 0.4) is 0 Å². The van der Waals surface area contributed by atoms with Crippen LogP contribution in [0.1, 0.15) is 66.4 Å². The van der Waals surface area contributed by atoms with Gasteiger partial charge in [0.05, 0.1) is 0 Å². The van der Waals surface area contributed by atoms with Gasteiger partial charge in [0, 0.05) is 41.1 Å². The summed E-state index contributed by atoms with van der Waals surface area (Å²) in [6.45, 7) is 4.52. The van der Waals surface area contributed by atoms with Crippen molar-refractivity contribution in [3.05, 3.63) is 88.7 Å². The number of nitrogens with two attached hydrogens (primary N) is 1. The highest BCUT2D eigenvalue weighted by atomic mass is 35.5. The van der Waals surface area contributed by atoms with Crippen LogP contribution < -0.4 is 21.7 Å². The SMILES string of the molecule is Cc1cc(C(=O)NC2CCNCC2)ccc1-c1ccc(C[C@H](CC(=O)C2CCC(CN)CC2)C(=O)Nc2ccc(-c3n[nH]c(Cl)n3)cc2)cc1. The van der Waals surface area contributed by atoms with E-state index >= 15 is 0 Å². The van der Waals surface area contributed by atoms with E-state index in [4.69, 9.17) is 17.3 Å². The van der Waals surface area contributed by atoms with Crippen LogP contribution in [0.25, 0.3) is 22.5 Å². The molecule has 1 atom stereocenters. The number of amides is 2. The molecule has 3 aromatic carbocycles. The normalized spacial score (nSPS) is 18.7. The molecule has 1 aliphatic carbocycles. The molecule has 1 aromatic heterocycles. The minimum atomic E-state index is -0.536. The number of nitrogens with one attached hydrogen (secondary N) is 4. The summed E-state index contributed by atoms with van der Waals surface area (Å²) >= 11 is 5.88. The first kappa shape index (κ1) is 35.4. The Morgan fingerprint density at radius 2 is 1.62 bits per heavy atom. The Balaban J connectivity index is 1.14. The van der Waals surface area contributed by atoms with E-state index in [9.17, 15) is 14.4 Å². The largest absolute Gasteiger partial charge is 0.349 e. The van der Waals surface area contributed by atoms with Crippen LogP contribution in [0.15, 0.2) is 66.7 Å². The molecule has 1 saturated heterocycles.